The van der Waals surface area contributed by atoms with Crippen molar-refractivity contribution >= 4 is 5.97 Å². The molecule has 2 heterocycles. The number of pyridine rings is 1. The molecule has 0 aliphatic rings. The molecule has 2 rings (SSSR count). The first-order chi connectivity index (χ1) is 11.0. The Kier molecular flexibility index (Phi) is 4.50. The number of esters is 1. The number of nitrogens with zero attached hydrogens (tertiary/aromatic N) is 3. The van der Waals surface area contributed by atoms with Crippen LogP contribution in [-0.4, -0.2) is 20.7 Å². The molecule has 7 nitrogen and oxygen atoms in total. The van der Waals surface area contributed by atoms with E-state index in [1.165, 1.54) is 0 Å². The fourth-order valence-electron chi connectivity index (χ4n) is 1.64. The fraction of sp³-hybridized carbons (Fsp3) is 0.429. The van der Waals surface area contributed by atoms with Crippen molar-refractivity contribution < 1.29 is 27.2 Å². The maximum Gasteiger partial charge on any atom is 0.444 e. The first-order valence-electron chi connectivity index (χ1n) is 6.77. The molecule has 0 N–H and O–H groups in total. The number of carbonyl (C=O) groups is 1. The van der Waals surface area contributed by atoms with Crippen LogP contribution in [0.4, 0.5) is 13.2 Å². The van der Waals surface area contributed by atoms with Crippen LogP contribution in [0.5, 0.6) is 0 Å². The third-order valence-electron chi connectivity index (χ3n) is 2.94. The maximum atomic E-state index is 12.8. The highest BCUT2D eigenvalue weighted by Crippen LogP contribution is 2.30. The molecule has 24 heavy (non-hydrogen) atoms. The van der Waals surface area contributed by atoms with Crippen molar-refractivity contribution in [3.63, 3.8) is 0 Å². The second-order valence-electron chi connectivity index (χ2n) is 5.94. The molecule has 0 spiro atoms. The van der Waals surface area contributed by atoms with Crippen LogP contribution in [0.2, 0.25) is 0 Å². The minimum absolute atomic E-state index is 0.234. The normalized spacial score (nSPS) is 12.2. The van der Waals surface area contributed by atoms with Gasteiger partial charge >= 0.3 is 17.9 Å². The quantitative estimate of drug-likeness (QED) is 0.794. The van der Waals surface area contributed by atoms with Gasteiger partial charge in [0.1, 0.15) is 5.69 Å². The van der Waals surface area contributed by atoms with Gasteiger partial charge in [-0.1, -0.05) is 5.16 Å². The monoisotopic (exact) mass is 345 g/mol. The number of ether oxygens (including phenoxy) is 1. The van der Waals surface area contributed by atoms with Gasteiger partial charge in [0.15, 0.2) is 6.73 Å². The molecule has 2 aromatic rings. The molecule has 0 unspecified atom stereocenters. The number of aromatic nitrogens is 3. The van der Waals surface area contributed by atoms with Gasteiger partial charge in [-0.15, -0.1) is 0 Å². The Balaban J connectivity index is 2.34. The molecule has 0 atom stereocenters. The van der Waals surface area contributed by atoms with Crippen molar-refractivity contribution in [2.45, 2.75) is 33.7 Å². The maximum absolute atomic E-state index is 12.8. The van der Waals surface area contributed by atoms with E-state index in [9.17, 15) is 22.8 Å². The zero-order chi connectivity index (χ0) is 18.1. The SMILES string of the molecule is CC(C)(C)C(=O)OCn1c(-c2cc(C(F)(F)F)ccn2)noc1=O. The average molecular weight is 345 g/mol. The third-order valence-corrected chi connectivity index (χ3v) is 2.94. The van der Waals surface area contributed by atoms with E-state index >= 15 is 0 Å². The van der Waals surface area contributed by atoms with E-state index in [0.717, 1.165) is 22.9 Å². The Morgan fingerprint density at radius 1 is 1.33 bits per heavy atom. The zero-order valence-electron chi connectivity index (χ0n) is 13.0. The molecule has 0 saturated carbocycles. The lowest BCUT2D eigenvalue weighted by molar-refractivity contribution is -0.157. The largest absolute Gasteiger partial charge is 0.444 e. The lowest BCUT2D eigenvalue weighted by Crippen LogP contribution is -2.26. The molecule has 0 amide bonds. The number of halogens is 3. The summed E-state index contributed by atoms with van der Waals surface area (Å²) in [5.74, 6) is -1.85. The molecule has 0 fully saturated rings. The van der Waals surface area contributed by atoms with Crippen molar-refractivity contribution in [1.29, 1.82) is 0 Å². The Bertz CT molecular complexity index is 803. The van der Waals surface area contributed by atoms with E-state index < -0.39 is 35.6 Å². The van der Waals surface area contributed by atoms with Crippen LogP contribution >= 0.6 is 0 Å². The lowest BCUT2D eigenvalue weighted by atomic mass is 9.98. The Hall–Kier alpha value is -2.65. The first-order valence-corrected chi connectivity index (χ1v) is 6.77. The smallest absolute Gasteiger partial charge is 0.443 e. The highest BCUT2D eigenvalue weighted by molar-refractivity contribution is 5.75. The number of carbonyl (C=O) groups excluding carboxylic acids is 1. The van der Waals surface area contributed by atoms with Crippen molar-refractivity contribution in [3.05, 3.63) is 34.4 Å². The predicted octanol–water partition coefficient (Wildman–Crippen LogP) is 2.46. The van der Waals surface area contributed by atoms with Gasteiger partial charge in [0.25, 0.3) is 0 Å². The molecule has 130 valence electrons. The summed E-state index contributed by atoms with van der Waals surface area (Å²) in [6.07, 6.45) is -3.64. The molecule has 0 aromatic carbocycles. The summed E-state index contributed by atoms with van der Waals surface area (Å²) in [4.78, 5) is 27.2. The van der Waals surface area contributed by atoms with E-state index in [4.69, 9.17) is 4.74 Å². The van der Waals surface area contributed by atoms with Gasteiger partial charge in [-0.25, -0.2) is 9.36 Å². The molecule has 0 aliphatic carbocycles. The summed E-state index contributed by atoms with van der Waals surface area (Å²) < 4.78 is 48.5. The van der Waals surface area contributed by atoms with Crippen LogP contribution in [0.3, 0.4) is 0 Å². The van der Waals surface area contributed by atoms with Crippen LogP contribution in [0.25, 0.3) is 11.5 Å². The van der Waals surface area contributed by atoms with Crippen LogP contribution in [-0.2, 0) is 22.4 Å². The second-order valence-corrected chi connectivity index (χ2v) is 5.94. The number of hydrogen-bond donors (Lipinski definition) is 0. The molecule has 0 saturated heterocycles. The molecule has 2 aromatic heterocycles. The molecular formula is C14H14F3N3O4. The van der Waals surface area contributed by atoms with Gasteiger partial charge in [0.05, 0.1) is 11.0 Å². The number of rotatable bonds is 3. The second kappa shape index (κ2) is 6.10. The Labute approximate surface area is 134 Å². The minimum Gasteiger partial charge on any atom is -0.443 e. The standard InChI is InChI=1S/C14H14F3N3O4/c1-13(2,3)11(21)23-7-20-10(19-24-12(20)22)9-6-8(4-5-18-9)14(15,16)17/h4-6H,7H2,1-3H3. The Morgan fingerprint density at radius 3 is 2.58 bits per heavy atom. The van der Waals surface area contributed by atoms with Crippen LogP contribution < -0.4 is 5.76 Å². The van der Waals surface area contributed by atoms with E-state index in [-0.39, 0.29) is 11.5 Å². The number of hydrogen-bond acceptors (Lipinski definition) is 6. The molecular weight excluding hydrogens is 331 g/mol. The lowest BCUT2D eigenvalue weighted by Gasteiger charge is -2.16. The first kappa shape index (κ1) is 17.7. The van der Waals surface area contributed by atoms with Crippen molar-refractivity contribution in [3.8, 4) is 11.5 Å². The van der Waals surface area contributed by atoms with Crippen LogP contribution in [0.15, 0.2) is 27.6 Å². The molecule has 0 aliphatic heterocycles. The van der Waals surface area contributed by atoms with Crippen molar-refractivity contribution in [2.75, 3.05) is 0 Å². The summed E-state index contributed by atoms with van der Waals surface area (Å²) in [7, 11) is 0. The van der Waals surface area contributed by atoms with Gasteiger partial charge in [0, 0.05) is 6.20 Å². The predicted molar refractivity (Wildman–Crippen MR) is 74.5 cm³/mol. The van der Waals surface area contributed by atoms with Gasteiger partial charge in [-0.2, -0.15) is 13.2 Å². The third kappa shape index (κ3) is 3.81. The minimum atomic E-state index is -4.58. The summed E-state index contributed by atoms with van der Waals surface area (Å²) >= 11 is 0. The molecule has 0 radical (unpaired) electrons. The van der Waals surface area contributed by atoms with Crippen molar-refractivity contribution in [2.24, 2.45) is 5.41 Å². The van der Waals surface area contributed by atoms with Gasteiger partial charge in [-0.05, 0) is 32.9 Å². The fourth-order valence-corrected chi connectivity index (χ4v) is 1.64. The van der Waals surface area contributed by atoms with Crippen molar-refractivity contribution in [1.82, 2.24) is 14.7 Å². The number of alkyl halides is 3. The highest BCUT2D eigenvalue weighted by atomic mass is 19.4. The molecule has 10 heteroatoms. The van der Waals surface area contributed by atoms with Gasteiger partial charge < -0.3 is 4.74 Å². The highest BCUT2D eigenvalue weighted by Gasteiger charge is 2.31. The molecule has 0 bridgehead atoms. The zero-order valence-corrected chi connectivity index (χ0v) is 13.0. The summed E-state index contributed by atoms with van der Waals surface area (Å²) in [6, 6.07) is 1.50. The Morgan fingerprint density at radius 2 is 2.00 bits per heavy atom. The van der Waals surface area contributed by atoms with E-state index in [1.54, 1.807) is 20.8 Å². The van der Waals surface area contributed by atoms with Crippen LogP contribution in [0, 0.1) is 5.41 Å². The average Bonchev–Trinajstić information content (AvgIpc) is 2.84. The van der Waals surface area contributed by atoms with E-state index in [1.807, 2.05) is 0 Å². The van der Waals surface area contributed by atoms with E-state index in [0.29, 0.717) is 0 Å². The van der Waals surface area contributed by atoms with Crippen LogP contribution in [0.1, 0.15) is 26.3 Å². The summed E-state index contributed by atoms with van der Waals surface area (Å²) in [5.41, 5.74) is -2.00. The summed E-state index contributed by atoms with van der Waals surface area (Å²) in [6.45, 7) is 4.29. The topological polar surface area (TPSA) is 87.2 Å². The van der Waals surface area contributed by atoms with Gasteiger partial charge in [0.2, 0.25) is 5.82 Å². The summed E-state index contributed by atoms with van der Waals surface area (Å²) in [5, 5.41) is 3.40. The van der Waals surface area contributed by atoms with Gasteiger partial charge in [-0.3, -0.25) is 14.3 Å². The van der Waals surface area contributed by atoms with E-state index in [2.05, 4.69) is 14.7 Å².